The fourth-order valence-electron chi connectivity index (χ4n) is 1.33. The SMILES string of the molecule is CC(CCC(N)=O)Cn1ncc(N)c1N. The van der Waals surface area contributed by atoms with E-state index in [4.69, 9.17) is 17.2 Å². The molecule has 6 N–H and O–H groups in total. The second kappa shape index (κ2) is 4.68. The Morgan fingerprint density at radius 1 is 1.60 bits per heavy atom. The highest BCUT2D eigenvalue weighted by Gasteiger charge is 2.09. The summed E-state index contributed by atoms with van der Waals surface area (Å²) in [4.78, 5) is 10.6. The smallest absolute Gasteiger partial charge is 0.217 e. The minimum absolute atomic E-state index is 0.283. The van der Waals surface area contributed by atoms with Crippen LogP contribution in [0.25, 0.3) is 0 Å². The van der Waals surface area contributed by atoms with Crippen molar-refractivity contribution in [1.82, 2.24) is 9.78 Å². The maximum Gasteiger partial charge on any atom is 0.217 e. The number of nitrogens with two attached hydrogens (primary N) is 3. The number of carbonyl (C=O) groups is 1. The molecule has 0 aliphatic rings. The molecule has 1 atom stereocenters. The molecule has 1 unspecified atom stereocenters. The summed E-state index contributed by atoms with van der Waals surface area (Å²) in [5.41, 5.74) is 16.8. The molecule has 0 bridgehead atoms. The number of aromatic nitrogens is 2. The van der Waals surface area contributed by atoms with E-state index in [2.05, 4.69) is 5.10 Å². The first kappa shape index (κ1) is 11.4. The third kappa shape index (κ3) is 3.16. The van der Waals surface area contributed by atoms with Gasteiger partial charge in [-0.25, -0.2) is 4.68 Å². The summed E-state index contributed by atoms with van der Waals surface area (Å²) in [5.74, 6) is 0.481. The number of hydrogen-bond donors (Lipinski definition) is 3. The van der Waals surface area contributed by atoms with Gasteiger partial charge in [-0.2, -0.15) is 5.10 Å². The predicted octanol–water partition coefficient (Wildman–Crippen LogP) is -0.0509. The average Bonchev–Trinajstić information content (AvgIpc) is 2.47. The fraction of sp³-hybridized carbons (Fsp3) is 0.556. The standard InChI is InChI=1S/C9H17N5O/c1-6(2-3-8(11)15)5-14-9(12)7(10)4-13-14/h4,6H,2-3,5,10,12H2,1H3,(H2,11,15). The lowest BCUT2D eigenvalue weighted by molar-refractivity contribution is -0.118. The van der Waals surface area contributed by atoms with Crippen LogP contribution in [0.15, 0.2) is 6.20 Å². The second-order valence-corrected chi connectivity index (χ2v) is 3.78. The first-order chi connectivity index (χ1) is 7.00. The van der Waals surface area contributed by atoms with Gasteiger partial charge in [0.15, 0.2) is 0 Å². The molecule has 1 heterocycles. The van der Waals surface area contributed by atoms with Crippen LogP contribution in [-0.4, -0.2) is 15.7 Å². The molecule has 0 spiro atoms. The Morgan fingerprint density at radius 3 is 2.73 bits per heavy atom. The molecule has 0 aliphatic heterocycles. The second-order valence-electron chi connectivity index (χ2n) is 3.78. The van der Waals surface area contributed by atoms with Gasteiger partial charge in [-0.15, -0.1) is 0 Å². The molecule has 0 radical (unpaired) electrons. The minimum atomic E-state index is -0.283. The van der Waals surface area contributed by atoms with Crippen molar-refractivity contribution < 1.29 is 4.79 Å². The Kier molecular flexibility index (Phi) is 3.54. The number of nitrogen functional groups attached to an aromatic ring is 2. The molecule has 0 saturated heterocycles. The zero-order valence-corrected chi connectivity index (χ0v) is 8.81. The Morgan fingerprint density at radius 2 is 2.27 bits per heavy atom. The molecular weight excluding hydrogens is 194 g/mol. The highest BCUT2D eigenvalue weighted by Crippen LogP contribution is 2.16. The van der Waals surface area contributed by atoms with Crippen LogP contribution < -0.4 is 17.2 Å². The monoisotopic (exact) mass is 211 g/mol. The van der Waals surface area contributed by atoms with Crippen molar-refractivity contribution in [3.8, 4) is 0 Å². The van der Waals surface area contributed by atoms with Crippen LogP contribution in [0, 0.1) is 5.92 Å². The van der Waals surface area contributed by atoms with E-state index in [1.54, 1.807) is 4.68 Å². The van der Waals surface area contributed by atoms with E-state index in [1.807, 2.05) is 6.92 Å². The van der Waals surface area contributed by atoms with Gasteiger partial charge in [0, 0.05) is 13.0 Å². The first-order valence-corrected chi connectivity index (χ1v) is 4.85. The molecule has 1 rings (SSSR count). The number of primary amides is 1. The van der Waals surface area contributed by atoms with Gasteiger partial charge in [-0.05, 0) is 12.3 Å². The zero-order valence-electron chi connectivity index (χ0n) is 8.81. The number of anilines is 2. The maximum absolute atomic E-state index is 10.6. The summed E-state index contributed by atoms with van der Waals surface area (Å²) < 4.78 is 1.64. The molecule has 84 valence electrons. The molecule has 1 aromatic rings. The van der Waals surface area contributed by atoms with Crippen LogP contribution in [0.2, 0.25) is 0 Å². The Balaban J connectivity index is 2.47. The van der Waals surface area contributed by atoms with Crippen LogP contribution in [-0.2, 0) is 11.3 Å². The summed E-state index contributed by atoms with van der Waals surface area (Å²) in [5, 5.41) is 4.03. The topological polar surface area (TPSA) is 113 Å². The molecule has 6 heteroatoms. The molecular formula is C9H17N5O. The van der Waals surface area contributed by atoms with E-state index in [9.17, 15) is 4.79 Å². The van der Waals surface area contributed by atoms with Gasteiger partial charge < -0.3 is 17.2 Å². The van der Waals surface area contributed by atoms with Gasteiger partial charge in [0.2, 0.25) is 5.91 Å². The van der Waals surface area contributed by atoms with Crippen molar-refractivity contribution in [2.45, 2.75) is 26.3 Å². The minimum Gasteiger partial charge on any atom is -0.394 e. The van der Waals surface area contributed by atoms with Gasteiger partial charge in [0.1, 0.15) is 5.82 Å². The van der Waals surface area contributed by atoms with Gasteiger partial charge in [0.05, 0.1) is 11.9 Å². The van der Waals surface area contributed by atoms with E-state index >= 15 is 0 Å². The number of carbonyl (C=O) groups excluding carboxylic acids is 1. The number of rotatable bonds is 5. The third-order valence-electron chi connectivity index (χ3n) is 2.28. The number of hydrogen-bond acceptors (Lipinski definition) is 4. The van der Waals surface area contributed by atoms with Gasteiger partial charge in [0.25, 0.3) is 0 Å². The van der Waals surface area contributed by atoms with Crippen LogP contribution in [0.1, 0.15) is 19.8 Å². The summed E-state index contributed by atoms with van der Waals surface area (Å²) in [6.45, 7) is 2.66. The summed E-state index contributed by atoms with van der Waals surface area (Å²) >= 11 is 0. The lowest BCUT2D eigenvalue weighted by atomic mass is 10.1. The molecule has 0 aromatic carbocycles. The van der Waals surface area contributed by atoms with E-state index < -0.39 is 0 Å². The third-order valence-corrected chi connectivity index (χ3v) is 2.28. The maximum atomic E-state index is 10.6. The van der Waals surface area contributed by atoms with Crippen molar-refractivity contribution in [3.05, 3.63) is 6.20 Å². The van der Waals surface area contributed by atoms with Gasteiger partial charge in [-0.3, -0.25) is 4.79 Å². The lowest BCUT2D eigenvalue weighted by Gasteiger charge is -2.11. The first-order valence-electron chi connectivity index (χ1n) is 4.85. The molecule has 0 saturated carbocycles. The zero-order chi connectivity index (χ0) is 11.4. The molecule has 1 amide bonds. The highest BCUT2D eigenvalue weighted by atomic mass is 16.1. The number of nitrogens with zero attached hydrogens (tertiary/aromatic N) is 2. The van der Waals surface area contributed by atoms with Crippen LogP contribution in [0.4, 0.5) is 11.5 Å². The van der Waals surface area contributed by atoms with Crippen molar-refractivity contribution >= 4 is 17.4 Å². The van der Waals surface area contributed by atoms with Crippen molar-refractivity contribution in [2.24, 2.45) is 11.7 Å². The molecule has 6 nitrogen and oxygen atoms in total. The Bertz CT molecular complexity index is 346. The molecule has 0 aliphatic carbocycles. The van der Waals surface area contributed by atoms with Crippen LogP contribution in [0.5, 0.6) is 0 Å². The summed E-state index contributed by atoms with van der Waals surface area (Å²) in [7, 11) is 0. The normalized spacial score (nSPS) is 12.6. The summed E-state index contributed by atoms with van der Waals surface area (Å²) in [6, 6.07) is 0. The van der Waals surface area contributed by atoms with E-state index in [-0.39, 0.29) is 5.91 Å². The van der Waals surface area contributed by atoms with Gasteiger partial charge >= 0.3 is 0 Å². The Hall–Kier alpha value is -1.72. The van der Waals surface area contributed by atoms with Crippen LogP contribution in [0.3, 0.4) is 0 Å². The van der Waals surface area contributed by atoms with Crippen molar-refractivity contribution in [1.29, 1.82) is 0 Å². The van der Waals surface area contributed by atoms with E-state index in [0.29, 0.717) is 30.4 Å². The van der Waals surface area contributed by atoms with E-state index in [1.165, 1.54) is 6.20 Å². The molecule has 1 aromatic heterocycles. The average molecular weight is 211 g/mol. The quantitative estimate of drug-likeness (QED) is 0.633. The largest absolute Gasteiger partial charge is 0.394 e. The van der Waals surface area contributed by atoms with Crippen molar-refractivity contribution in [2.75, 3.05) is 11.5 Å². The number of amides is 1. The molecule has 0 fully saturated rings. The lowest BCUT2D eigenvalue weighted by Crippen LogP contribution is -2.16. The van der Waals surface area contributed by atoms with Crippen LogP contribution >= 0.6 is 0 Å². The van der Waals surface area contributed by atoms with E-state index in [0.717, 1.165) is 6.42 Å². The van der Waals surface area contributed by atoms with Crippen molar-refractivity contribution in [3.63, 3.8) is 0 Å². The highest BCUT2D eigenvalue weighted by molar-refractivity contribution is 5.73. The van der Waals surface area contributed by atoms with Gasteiger partial charge in [-0.1, -0.05) is 6.92 Å². The Labute approximate surface area is 88.4 Å². The predicted molar refractivity (Wildman–Crippen MR) is 58.6 cm³/mol. The fourth-order valence-corrected chi connectivity index (χ4v) is 1.33. The summed E-state index contributed by atoms with van der Waals surface area (Å²) in [6.07, 6.45) is 2.64. The molecule has 15 heavy (non-hydrogen) atoms.